The van der Waals surface area contributed by atoms with E-state index in [4.69, 9.17) is 19.0 Å². The summed E-state index contributed by atoms with van der Waals surface area (Å²) < 4.78 is 33.9. The molecular formula is C23H37BN2O5S. The Hall–Kier alpha value is -1.29. The second kappa shape index (κ2) is 9.53. The zero-order valence-electron chi connectivity index (χ0n) is 20.4. The first-order valence-corrected chi connectivity index (χ1v) is 13.1. The molecule has 1 saturated heterocycles. The van der Waals surface area contributed by atoms with Crippen molar-refractivity contribution in [1.82, 2.24) is 9.71 Å². The smallest absolute Gasteiger partial charge is 0.469 e. The van der Waals surface area contributed by atoms with Crippen LogP contribution in [0.15, 0.2) is 12.1 Å². The molecule has 3 atom stereocenters. The van der Waals surface area contributed by atoms with Crippen LogP contribution in [0.25, 0.3) is 0 Å². The summed E-state index contributed by atoms with van der Waals surface area (Å²) in [5.74, 6) is -0.309. The monoisotopic (exact) mass is 464 g/mol. The molecule has 2 aliphatic rings. The Morgan fingerprint density at radius 3 is 2.19 bits per heavy atom. The van der Waals surface area contributed by atoms with Gasteiger partial charge in [0.25, 0.3) is 0 Å². The summed E-state index contributed by atoms with van der Waals surface area (Å²) in [6, 6.07) is 3.92. The van der Waals surface area contributed by atoms with Gasteiger partial charge in [-0.15, -0.1) is 0 Å². The largest absolute Gasteiger partial charge is 0.495 e. The molecule has 1 saturated carbocycles. The van der Waals surface area contributed by atoms with Crippen LogP contribution in [0.4, 0.5) is 0 Å². The van der Waals surface area contributed by atoms with E-state index in [0.717, 1.165) is 36.8 Å². The van der Waals surface area contributed by atoms with Crippen LogP contribution in [0, 0.1) is 12.8 Å². The molecule has 7 nitrogen and oxygen atoms in total. The van der Waals surface area contributed by atoms with Crippen molar-refractivity contribution in [1.29, 1.82) is 0 Å². The summed E-state index contributed by atoms with van der Waals surface area (Å²) in [4.78, 5) is 17.1. The van der Waals surface area contributed by atoms with Gasteiger partial charge in [0.05, 0.1) is 46.4 Å². The minimum Gasteiger partial charge on any atom is -0.469 e. The minimum absolute atomic E-state index is 0.323. The van der Waals surface area contributed by atoms with Crippen LogP contribution in [-0.4, -0.2) is 46.3 Å². The summed E-state index contributed by atoms with van der Waals surface area (Å²) in [6.07, 6.45) is 3.96. The third-order valence-corrected chi connectivity index (χ3v) is 8.61. The highest BCUT2D eigenvalue weighted by Gasteiger charge is 2.63. The second-order valence-corrected chi connectivity index (χ2v) is 10.4. The molecule has 0 amide bonds. The molecule has 1 N–H and O–H groups in total. The molecule has 178 valence electrons. The lowest BCUT2D eigenvalue weighted by atomic mass is 9.75. The quantitative estimate of drug-likeness (QED) is 0.423. The van der Waals surface area contributed by atoms with Gasteiger partial charge in [0.15, 0.2) is 0 Å². The lowest BCUT2D eigenvalue weighted by molar-refractivity contribution is -0.142. The van der Waals surface area contributed by atoms with Gasteiger partial charge < -0.3 is 14.0 Å². The van der Waals surface area contributed by atoms with Gasteiger partial charge in [-0.25, -0.2) is 8.93 Å². The number of ether oxygens (including phenoxy) is 1. The number of aromatic nitrogens is 1. The van der Waals surface area contributed by atoms with Crippen LogP contribution in [0.5, 0.6) is 0 Å². The summed E-state index contributed by atoms with van der Waals surface area (Å²) in [5.41, 5.74) is 0.848. The van der Waals surface area contributed by atoms with E-state index in [1.807, 2.05) is 26.0 Å². The maximum atomic E-state index is 12.4. The first-order valence-electron chi connectivity index (χ1n) is 11.8. The number of hydrogen-bond acceptors (Lipinski definition) is 6. The number of nitrogens with one attached hydrogen (secondary N) is 1. The first kappa shape index (κ1) is 25.3. The SMILES string of the molecule is CCS(=O)NC1(c2cc(B3OC(CC)(CC)C(CC)(CC)O3)cc(C)n2)CC1C(=O)OC. The van der Waals surface area contributed by atoms with Crippen molar-refractivity contribution in [2.75, 3.05) is 12.9 Å². The minimum atomic E-state index is -1.28. The molecule has 3 rings (SSSR count). The fraction of sp³-hybridized carbons (Fsp3) is 0.739. The van der Waals surface area contributed by atoms with Crippen molar-refractivity contribution < 1.29 is 23.0 Å². The van der Waals surface area contributed by atoms with Gasteiger partial charge in [-0.1, -0.05) is 34.6 Å². The molecule has 0 radical (unpaired) electrons. The van der Waals surface area contributed by atoms with E-state index >= 15 is 0 Å². The van der Waals surface area contributed by atoms with E-state index in [0.29, 0.717) is 17.9 Å². The molecular weight excluding hydrogens is 427 g/mol. The number of carbonyl (C=O) groups is 1. The number of carbonyl (C=O) groups excluding carboxylic acids is 1. The molecule has 32 heavy (non-hydrogen) atoms. The number of hydrogen-bond donors (Lipinski definition) is 1. The summed E-state index contributed by atoms with van der Waals surface area (Å²) >= 11 is 0. The van der Waals surface area contributed by atoms with E-state index in [1.54, 1.807) is 0 Å². The summed E-state index contributed by atoms with van der Waals surface area (Å²) in [5, 5.41) is 0. The van der Waals surface area contributed by atoms with Gasteiger partial charge in [-0.2, -0.15) is 0 Å². The van der Waals surface area contributed by atoms with Gasteiger partial charge in [-0.3, -0.25) is 9.78 Å². The number of rotatable bonds is 10. The standard InChI is InChI=1S/C23H37BN2O5S/c1-8-21(9-2)22(10-3,11-4)31-24(30-21)17-13-16(6)25-19(14-17)23(26-32(28)12-5)15-18(23)20(27)29-7/h13-14,18,26H,8-12,15H2,1-7H3. The maximum absolute atomic E-state index is 12.4. The summed E-state index contributed by atoms with van der Waals surface area (Å²) in [7, 11) is -0.418. The van der Waals surface area contributed by atoms with Crippen molar-refractivity contribution in [3.63, 3.8) is 0 Å². The van der Waals surface area contributed by atoms with Crippen molar-refractivity contribution in [3.8, 4) is 0 Å². The topological polar surface area (TPSA) is 86.8 Å². The Labute approximate surface area is 195 Å². The molecule has 3 unspecified atom stereocenters. The molecule has 1 aliphatic heterocycles. The van der Waals surface area contributed by atoms with Gasteiger partial charge in [-0.05, 0) is 56.6 Å². The third-order valence-electron chi connectivity index (χ3n) is 7.49. The van der Waals surface area contributed by atoms with E-state index in [2.05, 4.69) is 32.4 Å². The van der Waals surface area contributed by atoms with Crippen molar-refractivity contribution in [2.45, 2.75) is 90.4 Å². The van der Waals surface area contributed by atoms with Gasteiger partial charge in [0.1, 0.15) is 0 Å². The van der Waals surface area contributed by atoms with E-state index in [-0.39, 0.29) is 17.2 Å². The number of nitrogens with zero attached hydrogens (tertiary/aromatic N) is 1. The Morgan fingerprint density at radius 1 is 1.16 bits per heavy atom. The number of aryl methyl sites for hydroxylation is 1. The molecule has 9 heteroatoms. The van der Waals surface area contributed by atoms with Crippen LogP contribution in [0.1, 0.15) is 78.1 Å². The van der Waals surface area contributed by atoms with Crippen LogP contribution in [0.3, 0.4) is 0 Å². The molecule has 0 aromatic carbocycles. The molecule has 0 bridgehead atoms. The lowest BCUT2D eigenvalue weighted by Gasteiger charge is -2.42. The second-order valence-electron chi connectivity index (χ2n) is 8.89. The van der Waals surface area contributed by atoms with Gasteiger partial charge in [0, 0.05) is 11.4 Å². The molecule has 1 aliphatic carbocycles. The Morgan fingerprint density at radius 2 is 1.72 bits per heavy atom. The fourth-order valence-electron chi connectivity index (χ4n) is 5.38. The Bertz CT molecular complexity index is 854. The number of esters is 1. The molecule has 0 spiro atoms. The molecule has 2 heterocycles. The van der Waals surface area contributed by atoms with Crippen molar-refractivity contribution in [3.05, 3.63) is 23.5 Å². The van der Waals surface area contributed by atoms with Gasteiger partial charge in [0.2, 0.25) is 0 Å². The van der Waals surface area contributed by atoms with Crippen molar-refractivity contribution in [2.24, 2.45) is 5.92 Å². The highest BCUT2D eigenvalue weighted by molar-refractivity contribution is 7.83. The average molecular weight is 464 g/mol. The highest BCUT2D eigenvalue weighted by atomic mass is 32.2. The zero-order chi connectivity index (χ0) is 23.7. The first-order chi connectivity index (χ1) is 15.2. The predicted octanol–water partition coefficient (Wildman–Crippen LogP) is 2.91. The zero-order valence-corrected chi connectivity index (χ0v) is 21.3. The maximum Gasteiger partial charge on any atom is 0.495 e. The van der Waals surface area contributed by atoms with Crippen LogP contribution in [0.2, 0.25) is 0 Å². The number of methoxy groups -OCH3 is 1. The lowest BCUT2D eigenvalue weighted by Crippen LogP contribution is -2.50. The Kier molecular flexibility index (Phi) is 7.54. The van der Waals surface area contributed by atoms with E-state index in [1.165, 1.54) is 7.11 Å². The molecule has 2 fully saturated rings. The van der Waals surface area contributed by atoms with Crippen LogP contribution in [-0.2, 0) is 35.4 Å². The van der Waals surface area contributed by atoms with Crippen molar-refractivity contribution >= 4 is 29.5 Å². The Balaban J connectivity index is 2.02. The number of pyridine rings is 1. The van der Waals surface area contributed by atoms with Gasteiger partial charge >= 0.3 is 13.1 Å². The van der Waals surface area contributed by atoms with E-state index < -0.39 is 29.6 Å². The van der Waals surface area contributed by atoms with Crippen LogP contribution < -0.4 is 10.2 Å². The average Bonchev–Trinajstić information content (AvgIpc) is 3.43. The highest BCUT2D eigenvalue weighted by Crippen LogP contribution is 2.52. The van der Waals surface area contributed by atoms with E-state index in [9.17, 15) is 9.00 Å². The molecule has 1 aromatic rings. The predicted molar refractivity (Wildman–Crippen MR) is 127 cm³/mol. The fourth-order valence-corrected chi connectivity index (χ4v) is 6.26. The molecule has 1 aromatic heterocycles. The third kappa shape index (κ3) is 4.06. The van der Waals surface area contributed by atoms with Crippen LogP contribution >= 0.6 is 0 Å². The normalized spacial score (nSPS) is 26.7. The summed E-state index contributed by atoms with van der Waals surface area (Å²) in [6.45, 7) is 12.4.